The van der Waals surface area contributed by atoms with Gasteiger partial charge in [-0.2, -0.15) is 0 Å². The van der Waals surface area contributed by atoms with Crippen molar-refractivity contribution in [2.24, 2.45) is 0 Å². The van der Waals surface area contributed by atoms with E-state index in [1.165, 1.54) is 11.0 Å². The zero-order valence-electron chi connectivity index (χ0n) is 9.82. The Kier molecular flexibility index (Phi) is 3.43. The van der Waals surface area contributed by atoms with Crippen LogP contribution < -0.4 is 0 Å². The molecule has 0 aromatic heterocycles. The summed E-state index contributed by atoms with van der Waals surface area (Å²) in [5.74, 6) is -0.828. The first kappa shape index (κ1) is 12.0. The summed E-state index contributed by atoms with van der Waals surface area (Å²) in [4.78, 5) is 13.6. The minimum absolute atomic E-state index is 0.0964. The van der Waals surface area contributed by atoms with Gasteiger partial charge in [0.1, 0.15) is 5.82 Å². The molecule has 0 aliphatic carbocycles. The first-order valence-corrected chi connectivity index (χ1v) is 5.81. The highest BCUT2D eigenvalue weighted by Gasteiger charge is 2.24. The fraction of sp³-hybridized carbons (Fsp3) is 0.462. The number of halogens is 1. The van der Waals surface area contributed by atoms with Crippen molar-refractivity contribution in [3.63, 3.8) is 0 Å². The molecule has 92 valence electrons. The number of aliphatic hydroxyl groups excluding tert-OH is 1. The number of carbonyl (C=O) groups is 1. The quantitative estimate of drug-likeness (QED) is 0.808. The van der Waals surface area contributed by atoms with Crippen molar-refractivity contribution in [3.05, 3.63) is 35.1 Å². The smallest absolute Gasteiger partial charge is 0.256 e. The molecule has 1 aromatic carbocycles. The zero-order valence-corrected chi connectivity index (χ0v) is 9.82. The number of β-amino-alcohol motifs (C(OH)–C–C–N with tert-alkyl or cyclic N) is 1. The molecule has 3 nitrogen and oxygen atoms in total. The summed E-state index contributed by atoms with van der Waals surface area (Å²) in [6, 6.07) is 4.50. The molecular formula is C13H16FNO2. The maximum absolute atomic E-state index is 13.6. The van der Waals surface area contributed by atoms with Gasteiger partial charge in [-0.05, 0) is 31.9 Å². The molecular weight excluding hydrogens is 221 g/mol. The fourth-order valence-corrected chi connectivity index (χ4v) is 2.11. The number of aryl methyl sites for hydroxylation is 1. The van der Waals surface area contributed by atoms with Gasteiger partial charge >= 0.3 is 0 Å². The zero-order chi connectivity index (χ0) is 12.4. The van der Waals surface area contributed by atoms with Crippen LogP contribution in [-0.2, 0) is 0 Å². The van der Waals surface area contributed by atoms with Crippen molar-refractivity contribution in [3.8, 4) is 0 Å². The van der Waals surface area contributed by atoms with Crippen LogP contribution >= 0.6 is 0 Å². The number of hydrogen-bond acceptors (Lipinski definition) is 2. The van der Waals surface area contributed by atoms with Crippen molar-refractivity contribution >= 4 is 5.91 Å². The molecule has 1 saturated heterocycles. The van der Waals surface area contributed by atoms with E-state index in [2.05, 4.69) is 0 Å². The summed E-state index contributed by atoms with van der Waals surface area (Å²) in [7, 11) is 0. The Bertz CT molecular complexity index is 433. The summed E-state index contributed by atoms with van der Waals surface area (Å²) in [6.45, 7) is 2.71. The summed E-state index contributed by atoms with van der Waals surface area (Å²) >= 11 is 0. The van der Waals surface area contributed by atoms with E-state index < -0.39 is 11.9 Å². The average molecular weight is 237 g/mol. The summed E-state index contributed by atoms with van der Waals surface area (Å²) in [6.07, 6.45) is 0.987. The fourth-order valence-electron chi connectivity index (χ4n) is 2.11. The van der Waals surface area contributed by atoms with Crippen LogP contribution in [0.2, 0.25) is 0 Å². The van der Waals surface area contributed by atoms with Gasteiger partial charge in [0.05, 0.1) is 11.7 Å². The van der Waals surface area contributed by atoms with Gasteiger partial charge in [-0.25, -0.2) is 4.39 Å². The van der Waals surface area contributed by atoms with E-state index in [1.807, 2.05) is 6.92 Å². The minimum Gasteiger partial charge on any atom is -0.391 e. The maximum Gasteiger partial charge on any atom is 0.256 e. The van der Waals surface area contributed by atoms with Gasteiger partial charge in [-0.1, -0.05) is 11.6 Å². The molecule has 17 heavy (non-hydrogen) atoms. The third-order valence-corrected chi connectivity index (χ3v) is 3.04. The normalized spacial score (nSPS) is 20.4. The van der Waals surface area contributed by atoms with Gasteiger partial charge in [0.2, 0.25) is 0 Å². The maximum atomic E-state index is 13.6. The Hall–Kier alpha value is -1.42. The first-order valence-electron chi connectivity index (χ1n) is 5.81. The second-order valence-corrected chi connectivity index (χ2v) is 4.53. The van der Waals surface area contributed by atoms with Gasteiger partial charge < -0.3 is 10.0 Å². The van der Waals surface area contributed by atoms with Gasteiger partial charge in [0.25, 0.3) is 5.91 Å². The number of benzene rings is 1. The molecule has 1 aromatic rings. The highest BCUT2D eigenvalue weighted by atomic mass is 19.1. The standard InChI is InChI=1S/C13H16FNO2/c1-9-4-5-12(14)11(7-9)13(17)15-6-2-3-10(16)8-15/h4-5,7,10,16H,2-3,6,8H2,1H3/t10-/m0/s1. The summed E-state index contributed by atoms with van der Waals surface area (Å²) in [5, 5.41) is 9.51. The molecule has 1 N–H and O–H groups in total. The molecule has 1 heterocycles. The Morgan fingerprint density at radius 1 is 1.53 bits per heavy atom. The molecule has 0 radical (unpaired) electrons. The molecule has 1 amide bonds. The van der Waals surface area contributed by atoms with Gasteiger partial charge in [0, 0.05) is 13.1 Å². The third kappa shape index (κ3) is 2.64. The lowest BCUT2D eigenvalue weighted by Gasteiger charge is -2.30. The van der Waals surface area contributed by atoms with Crippen LogP contribution in [-0.4, -0.2) is 35.1 Å². The lowest BCUT2D eigenvalue weighted by molar-refractivity contribution is 0.0470. The average Bonchev–Trinajstić information content (AvgIpc) is 2.31. The predicted molar refractivity (Wildman–Crippen MR) is 62.3 cm³/mol. The van der Waals surface area contributed by atoms with E-state index in [4.69, 9.17) is 0 Å². The summed E-state index contributed by atoms with van der Waals surface area (Å²) < 4.78 is 13.6. The van der Waals surface area contributed by atoms with Crippen molar-refractivity contribution in [2.75, 3.05) is 13.1 Å². The molecule has 1 fully saturated rings. The van der Waals surface area contributed by atoms with Gasteiger partial charge in [-0.3, -0.25) is 4.79 Å². The SMILES string of the molecule is Cc1ccc(F)c(C(=O)N2CCC[C@H](O)C2)c1. The number of nitrogens with zero attached hydrogens (tertiary/aromatic N) is 1. The van der Waals surface area contributed by atoms with Crippen LogP contribution in [0.15, 0.2) is 18.2 Å². The topological polar surface area (TPSA) is 40.5 Å². The second kappa shape index (κ2) is 4.84. The minimum atomic E-state index is -0.499. The van der Waals surface area contributed by atoms with E-state index in [0.29, 0.717) is 19.5 Å². The van der Waals surface area contributed by atoms with Crippen LogP contribution in [0, 0.1) is 12.7 Å². The van der Waals surface area contributed by atoms with E-state index >= 15 is 0 Å². The highest BCUT2D eigenvalue weighted by molar-refractivity contribution is 5.94. The number of carbonyl (C=O) groups excluding carboxylic acids is 1. The number of likely N-dealkylation sites (tertiary alicyclic amines) is 1. The Balaban J connectivity index is 2.21. The molecule has 0 spiro atoms. The molecule has 2 rings (SSSR count). The van der Waals surface area contributed by atoms with Crippen LogP contribution in [0.1, 0.15) is 28.8 Å². The molecule has 0 bridgehead atoms. The van der Waals surface area contributed by atoms with Gasteiger partial charge in [0.15, 0.2) is 0 Å². The highest BCUT2D eigenvalue weighted by Crippen LogP contribution is 2.17. The Morgan fingerprint density at radius 2 is 2.29 bits per heavy atom. The van der Waals surface area contributed by atoms with E-state index in [9.17, 15) is 14.3 Å². The molecule has 1 aliphatic heterocycles. The first-order chi connectivity index (χ1) is 8.08. The van der Waals surface area contributed by atoms with Crippen LogP contribution in [0.4, 0.5) is 4.39 Å². The van der Waals surface area contributed by atoms with E-state index in [0.717, 1.165) is 12.0 Å². The van der Waals surface area contributed by atoms with E-state index in [1.54, 1.807) is 12.1 Å². The molecule has 1 aliphatic rings. The van der Waals surface area contributed by atoms with Crippen molar-refractivity contribution in [1.29, 1.82) is 0 Å². The lowest BCUT2D eigenvalue weighted by Crippen LogP contribution is -2.42. The molecule has 1 atom stereocenters. The monoisotopic (exact) mass is 237 g/mol. The Morgan fingerprint density at radius 3 is 3.00 bits per heavy atom. The number of hydrogen-bond donors (Lipinski definition) is 1. The van der Waals surface area contributed by atoms with Crippen LogP contribution in [0.5, 0.6) is 0 Å². The van der Waals surface area contributed by atoms with Crippen LogP contribution in [0.3, 0.4) is 0 Å². The van der Waals surface area contributed by atoms with E-state index in [-0.39, 0.29) is 11.5 Å². The number of amides is 1. The van der Waals surface area contributed by atoms with Gasteiger partial charge in [-0.15, -0.1) is 0 Å². The number of aliphatic hydroxyl groups is 1. The predicted octanol–water partition coefficient (Wildman–Crippen LogP) is 1.73. The lowest BCUT2D eigenvalue weighted by atomic mass is 10.1. The molecule has 0 unspecified atom stereocenters. The number of rotatable bonds is 1. The Labute approximate surface area is 99.9 Å². The van der Waals surface area contributed by atoms with Crippen molar-refractivity contribution in [2.45, 2.75) is 25.9 Å². The molecule has 0 saturated carbocycles. The number of piperidine rings is 1. The van der Waals surface area contributed by atoms with Crippen molar-refractivity contribution in [1.82, 2.24) is 4.90 Å². The van der Waals surface area contributed by atoms with Crippen LogP contribution in [0.25, 0.3) is 0 Å². The van der Waals surface area contributed by atoms with Crippen molar-refractivity contribution < 1.29 is 14.3 Å². The summed E-state index contributed by atoms with van der Waals surface area (Å²) in [5.41, 5.74) is 0.950. The largest absolute Gasteiger partial charge is 0.391 e. The molecule has 4 heteroatoms. The second-order valence-electron chi connectivity index (χ2n) is 4.53. The third-order valence-electron chi connectivity index (χ3n) is 3.04.